The van der Waals surface area contributed by atoms with Crippen LogP contribution in [0, 0.1) is 0 Å². The van der Waals surface area contributed by atoms with Crippen molar-refractivity contribution in [2.75, 3.05) is 12.8 Å². The molecule has 1 aromatic heterocycles. The lowest BCUT2D eigenvalue weighted by atomic mass is 10.2. The summed E-state index contributed by atoms with van der Waals surface area (Å²) in [6.07, 6.45) is 5.78. The largest absolute Gasteiger partial charge is 0.493 e. The Morgan fingerprint density at radius 1 is 1.50 bits per heavy atom. The standard InChI is InChI=1S/C16H25N3O3/c1-11(19-15(20)22-16(2,3)4)7-6-8-12-9-13(21-5)14(17)18-10-12/h6,8-11H,7H2,1-5H3,(H2,17,18)(H,19,20)/b8-6+/t11-/m0/s1. The average Bonchev–Trinajstić information content (AvgIpc) is 2.38. The first-order valence-electron chi connectivity index (χ1n) is 7.17. The molecular formula is C16H25N3O3. The van der Waals surface area contributed by atoms with Crippen LogP contribution in [0.25, 0.3) is 6.08 Å². The van der Waals surface area contributed by atoms with Gasteiger partial charge in [-0.15, -0.1) is 0 Å². The number of alkyl carbamates (subject to hydrolysis) is 1. The first kappa shape index (κ1) is 17.8. The van der Waals surface area contributed by atoms with Gasteiger partial charge in [0, 0.05) is 12.2 Å². The van der Waals surface area contributed by atoms with Crippen molar-refractivity contribution >= 4 is 18.0 Å². The normalized spacial score (nSPS) is 13.0. The number of nitrogens with zero attached hydrogens (tertiary/aromatic N) is 1. The van der Waals surface area contributed by atoms with Gasteiger partial charge in [0.1, 0.15) is 5.60 Å². The quantitative estimate of drug-likeness (QED) is 0.873. The average molecular weight is 307 g/mol. The summed E-state index contributed by atoms with van der Waals surface area (Å²) in [4.78, 5) is 15.7. The molecule has 0 aliphatic carbocycles. The first-order valence-corrected chi connectivity index (χ1v) is 7.17. The minimum atomic E-state index is -0.494. The summed E-state index contributed by atoms with van der Waals surface area (Å²) < 4.78 is 10.3. The van der Waals surface area contributed by atoms with Crippen molar-refractivity contribution < 1.29 is 14.3 Å². The van der Waals surface area contributed by atoms with E-state index in [2.05, 4.69) is 10.3 Å². The molecule has 0 saturated carbocycles. The van der Waals surface area contributed by atoms with Crippen molar-refractivity contribution in [1.29, 1.82) is 0 Å². The number of aromatic nitrogens is 1. The third-order valence-electron chi connectivity index (χ3n) is 2.69. The predicted molar refractivity (Wildman–Crippen MR) is 87.7 cm³/mol. The summed E-state index contributed by atoms with van der Waals surface area (Å²) in [6, 6.07) is 1.78. The number of pyridine rings is 1. The molecule has 0 bridgehead atoms. The Balaban J connectivity index is 2.50. The number of carbonyl (C=O) groups is 1. The van der Waals surface area contributed by atoms with Gasteiger partial charge < -0.3 is 20.5 Å². The highest BCUT2D eigenvalue weighted by atomic mass is 16.6. The second kappa shape index (κ2) is 7.68. The molecule has 1 heterocycles. The monoisotopic (exact) mass is 307 g/mol. The van der Waals surface area contributed by atoms with Crippen molar-refractivity contribution in [3.63, 3.8) is 0 Å². The number of methoxy groups -OCH3 is 1. The molecule has 0 saturated heterocycles. The van der Waals surface area contributed by atoms with Crippen molar-refractivity contribution in [1.82, 2.24) is 10.3 Å². The van der Waals surface area contributed by atoms with E-state index in [0.717, 1.165) is 5.56 Å². The molecule has 0 unspecified atom stereocenters. The highest BCUT2D eigenvalue weighted by molar-refractivity contribution is 5.68. The highest BCUT2D eigenvalue weighted by Gasteiger charge is 2.17. The number of amides is 1. The topological polar surface area (TPSA) is 86.5 Å². The van der Waals surface area contributed by atoms with Gasteiger partial charge in [-0.1, -0.05) is 12.2 Å². The van der Waals surface area contributed by atoms with E-state index in [1.54, 1.807) is 13.3 Å². The number of rotatable bonds is 5. The van der Waals surface area contributed by atoms with Gasteiger partial charge in [0.25, 0.3) is 0 Å². The third-order valence-corrected chi connectivity index (χ3v) is 2.69. The van der Waals surface area contributed by atoms with Gasteiger partial charge in [-0.05, 0) is 45.7 Å². The highest BCUT2D eigenvalue weighted by Crippen LogP contribution is 2.20. The van der Waals surface area contributed by atoms with Crippen molar-refractivity contribution in [3.8, 4) is 5.75 Å². The van der Waals surface area contributed by atoms with E-state index >= 15 is 0 Å². The molecule has 1 rings (SSSR count). The second-order valence-corrected chi connectivity index (χ2v) is 6.04. The maximum atomic E-state index is 11.6. The van der Waals surface area contributed by atoms with Gasteiger partial charge in [-0.2, -0.15) is 0 Å². The zero-order chi connectivity index (χ0) is 16.8. The summed E-state index contributed by atoms with van der Waals surface area (Å²) in [5.41, 5.74) is 6.05. The maximum absolute atomic E-state index is 11.6. The van der Waals surface area contributed by atoms with Crippen molar-refractivity contribution in [3.05, 3.63) is 23.9 Å². The molecule has 0 aliphatic rings. The van der Waals surface area contributed by atoms with Gasteiger partial charge in [0.05, 0.1) is 7.11 Å². The van der Waals surface area contributed by atoms with Crippen LogP contribution in [0.5, 0.6) is 5.75 Å². The van der Waals surface area contributed by atoms with Crippen LogP contribution in [0.4, 0.5) is 10.6 Å². The van der Waals surface area contributed by atoms with E-state index in [4.69, 9.17) is 15.2 Å². The number of hydrogen-bond acceptors (Lipinski definition) is 5. The van der Waals surface area contributed by atoms with Crippen LogP contribution in [-0.4, -0.2) is 29.8 Å². The first-order chi connectivity index (χ1) is 10.2. The Labute approximate surface area is 131 Å². The zero-order valence-corrected chi connectivity index (χ0v) is 13.8. The van der Waals surface area contributed by atoms with Gasteiger partial charge in [-0.25, -0.2) is 9.78 Å². The third kappa shape index (κ3) is 6.47. The Bertz CT molecular complexity index is 536. The molecule has 3 N–H and O–H groups in total. The second-order valence-electron chi connectivity index (χ2n) is 6.04. The van der Waals surface area contributed by atoms with E-state index in [-0.39, 0.29) is 6.04 Å². The molecule has 1 atom stereocenters. The van der Waals surface area contributed by atoms with Gasteiger partial charge in [-0.3, -0.25) is 0 Å². The lowest BCUT2D eigenvalue weighted by Crippen LogP contribution is -2.37. The van der Waals surface area contributed by atoms with Gasteiger partial charge in [0.15, 0.2) is 11.6 Å². The van der Waals surface area contributed by atoms with E-state index < -0.39 is 11.7 Å². The lowest BCUT2D eigenvalue weighted by Gasteiger charge is -2.21. The Hall–Kier alpha value is -2.24. The van der Waals surface area contributed by atoms with Crippen LogP contribution < -0.4 is 15.8 Å². The minimum absolute atomic E-state index is 0.0327. The summed E-state index contributed by atoms with van der Waals surface area (Å²) in [5, 5.41) is 2.78. The van der Waals surface area contributed by atoms with Crippen LogP contribution >= 0.6 is 0 Å². The number of anilines is 1. The van der Waals surface area contributed by atoms with Crippen LogP contribution in [0.3, 0.4) is 0 Å². The summed E-state index contributed by atoms with van der Waals surface area (Å²) >= 11 is 0. The number of carbonyl (C=O) groups excluding carboxylic acids is 1. The van der Waals surface area contributed by atoms with E-state index in [1.165, 1.54) is 0 Å². The van der Waals surface area contributed by atoms with Crippen LogP contribution in [0.15, 0.2) is 18.3 Å². The maximum Gasteiger partial charge on any atom is 0.407 e. The van der Waals surface area contributed by atoms with Gasteiger partial charge >= 0.3 is 6.09 Å². The van der Waals surface area contributed by atoms with E-state index in [9.17, 15) is 4.79 Å². The van der Waals surface area contributed by atoms with Crippen molar-refractivity contribution in [2.45, 2.75) is 45.8 Å². The SMILES string of the molecule is COc1cc(/C=C/C[C@H](C)NC(=O)OC(C)(C)C)cnc1N. The zero-order valence-electron chi connectivity index (χ0n) is 13.8. The lowest BCUT2D eigenvalue weighted by molar-refractivity contribution is 0.0509. The molecule has 6 heteroatoms. The molecule has 0 aromatic carbocycles. The number of nitrogens with one attached hydrogen (secondary N) is 1. The Morgan fingerprint density at radius 2 is 2.18 bits per heavy atom. The van der Waals surface area contributed by atoms with Crippen LogP contribution in [0.1, 0.15) is 39.7 Å². The van der Waals surface area contributed by atoms with Crippen molar-refractivity contribution in [2.24, 2.45) is 0 Å². The fourth-order valence-corrected chi connectivity index (χ4v) is 1.70. The fraction of sp³-hybridized carbons (Fsp3) is 0.500. The van der Waals surface area contributed by atoms with Crippen LogP contribution in [-0.2, 0) is 4.74 Å². The Kier molecular flexibility index (Phi) is 6.22. The van der Waals surface area contributed by atoms with E-state index in [0.29, 0.717) is 18.0 Å². The molecule has 6 nitrogen and oxygen atoms in total. The molecular weight excluding hydrogens is 282 g/mol. The summed E-state index contributed by atoms with van der Waals surface area (Å²) in [6.45, 7) is 7.41. The van der Waals surface area contributed by atoms with Crippen LogP contribution in [0.2, 0.25) is 0 Å². The molecule has 0 fully saturated rings. The predicted octanol–water partition coefficient (Wildman–Crippen LogP) is 2.99. The molecule has 122 valence electrons. The smallest absolute Gasteiger partial charge is 0.407 e. The number of hydrogen-bond donors (Lipinski definition) is 2. The molecule has 22 heavy (non-hydrogen) atoms. The fourth-order valence-electron chi connectivity index (χ4n) is 1.70. The molecule has 0 aliphatic heterocycles. The number of nitrogen functional groups attached to an aromatic ring is 1. The molecule has 1 amide bonds. The number of ether oxygens (including phenoxy) is 2. The van der Waals surface area contributed by atoms with E-state index in [1.807, 2.05) is 45.9 Å². The molecule has 0 radical (unpaired) electrons. The molecule has 1 aromatic rings. The summed E-state index contributed by atoms with van der Waals surface area (Å²) in [5.74, 6) is 0.904. The van der Waals surface area contributed by atoms with Gasteiger partial charge in [0.2, 0.25) is 0 Å². The minimum Gasteiger partial charge on any atom is -0.493 e. The molecule has 0 spiro atoms. The Morgan fingerprint density at radius 3 is 2.77 bits per heavy atom. The summed E-state index contributed by atoms with van der Waals surface area (Å²) in [7, 11) is 1.55. The number of nitrogens with two attached hydrogens (primary N) is 1.